The smallest absolute Gasteiger partial charge is 0.223 e. The third kappa shape index (κ3) is 1.75. The number of nitrogens with one attached hydrogen (secondary N) is 1. The molecule has 0 bridgehead atoms. The van der Waals surface area contributed by atoms with Crippen molar-refractivity contribution in [2.45, 2.75) is 57.0 Å². The summed E-state index contributed by atoms with van der Waals surface area (Å²) in [5.74, 6) is 1.14. The van der Waals surface area contributed by atoms with E-state index in [1.807, 2.05) is 0 Å². The van der Waals surface area contributed by atoms with E-state index < -0.39 is 0 Å². The van der Waals surface area contributed by atoms with Crippen molar-refractivity contribution >= 4 is 5.91 Å². The first-order chi connectivity index (χ1) is 7.86. The van der Waals surface area contributed by atoms with Gasteiger partial charge in [0.15, 0.2) is 0 Å². The van der Waals surface area contributed by atoms with Crippen molar-refractivity contribution in [3.8, 4) is 0 Å². The molecule has 1 N–H and O–H groups in total. The molecule has 0 unspecified atom stereocenters. The number of rotatable bonds is 1. The van der Waals surface area contributed by atoms with Gasteiger partial charge < -0.3 is 10.2 Å². The average Bonchev–Trinajstić information content (AvgIpc) is 2.66. The number of likely N-dealkylation sites (tertiary alicyclic amines) is 1. The lowest BCUT2D eigenvalue weighted by Crippen LogP contribution is -2.48. The van der Waals surface area contributed by atoms with E-state index in [0.29, 0.717) is 23.9 Å². The molecule has 1 saturated carbocycles. The van der Waals surface area contributed by atoms with Gasteiger partial charge in [-0.2, -0.15) is 0 Å². The predicted molar refractivity (Wildman–Crippen MR) is 63.1 cm³/mol. The fourth-order valence-corrected chi connectivity index (χ4v) is 3.87. The quantitative estimate of drug-likeness (QED) is 0.729. The summed E-state index contributed by atoms with van der Waals surface area (Å²) in [5.41, 5.74) is 0. The van der Waals surface area contributed by atoms with Crippen LogP contribution in [0.25, 0.3) is 0 Å². The molecular formula is C13H22N2O. The molecule has 0 radical (unpaired) electrons. The molecule has 16 heavy (non-hydrogen) atoms. The number of amides is 1. The Bertz CT molecular complexity index is 273. The molecular weight excluding hydrogens is 200 g/mol. The summed E-state index contributed by atoms with van der Waals surface area (Å²) >= 11 is 0. The van der Waals surface area contributed by atoms with E-state index in [0.717, 1.165) is 32.4 Å². The van der Waals surface area contributed by atoms with E-state index in [1.54, 1.807) is 0 Å². The lowest BCUT2D eigenvalue weighted by Gasteiger charge is -2.39. The number of carbonyl (C=O) groups excluding carboxylic acids is 1. The molecule has 3 aliphatic rings. The summed E-state index contributed by atoms with van der Waals surface area (Å²) in [5, 5.41) is 3.39. The third-order valence-electron chi connectivity index (χ3n) is 4.65. The maximum atomic E-state index is 12.1. The average molecular weight is 222 g/mol. The van der Waals surface area contributed by atoms with Gasteiger partial charge in [0.05, 0.1) is 0 Å². The Balaban J connectivity index is 1.74. The van der Waals surface area contributed by atoms with Gasteiger partial charge in [0.2, 0.25) is 5.91 Å². The number of hydrogen-bond donors (Lipinski definition) is 1. The number of carbonyl (C=O) groups is 1. The fourth-order valence-electron chi connectivity index (χ4n) is 3.87. The molecule has 2 atom stereocenters. The zero-order valence-electron chi connectivity index (χ0n) is 9.95. The number of hydrogen-bond acceptors (Lipinski definition) is 2. The molecule has 2 aliphatic heterocycles. The van der Waals surface area contributed by atoms with Crippen molar-refractivity contribution in [1.29, 1.82) is 0 Å². The molecule has 0 aromatic carbocycles. The fraction of sp³-hybridized carbons (Fsp3) is 0.923. The molecule has 3 fully saturated rings. The van der Waals surface area contributed by atoms with Crippen LogP contribution in [0.15, 0.2) is 0 Å². The molecule has 90 valence electrons. The molecule has 3 nitrogen and oxygen atoms in total. The van der Waals surface area contributed by atoms with Gasteiger partial charge in [0, 0.05) is 18.5 Å². The van der Waals surface area contributed by atoms with Crippen LogP contribution >= 0.6 is 0 Å². The molecule has 1 aliphatic carbocycles. The Morgan fingerprint density at radius 1 is 1.06 bits per heavy atom. The van der Waals surface area contributed by atoms with Crippen LogP contribution in [0, 0.1) is 5.92 Å². The Hall–Kier alpha value is -0.570. The maximum absolute atomic E-state index is 12.1. The van der Waals surface area contributed by atoms with E-state index in [1.165, 1.54) is 25.7 Å². The molecule has 2 heterocycles. The van der Waals surface area contributed by atoms with E-state index in [-0.39, 0.29) is 0 Å². The van der Waals surface area contributed by atoms with Gasteiger partial charge in [-0.05, 0) is 44.7 Å². The SMILES string of the molecule is O=C1C[C@H]2CCCC[C@@H]2N1C1CCNCC1. The van der Waals surface area contributed by atoms with Crippen molar-refractivity contribution in [2.24, 2.45) is 5.92 Å². The highest BCUT2D eigenvalue weighted by Crippen LogP contribution is 2.39. The van der Waals surface area contributed by atoms with Crippen LogP contribution in [0.3, 0.4) is 0 Å². The number of fused-ring (bicyclic) bond motifs is 1. The lowest BCUT2D eigenvalue weighted by molar-refractivity contribution is -0.131. The molecule has 0 aromatic heterocycles. The summed E-state index contributed by atoms with van der Waals surface area (Å²) in [6.45, 7) is 2.18. The Morgan fingerprint density at radius 3 is 2.62 bits per heavy atom. The summed E-state index contributed by atoms with van der Waals surface area (Å²) < 4.78 is 0. The van der Waals surface area contributed by atoms with Gasteiger partial charge in [-0.3, -0.25) is 4.79 Å². The highest BCUT2D eigenvalue weighted by atomic mass is 16.2. The minimum Gasteiger partial charge on any atom is -0.336 e. The van der Waals surface area contributed by atoms with Crippen LogP contribution in [0.2, 0.25) is 0 Å². The molecule has 1 amide bonds. The first kappa shape index (κ1) is 10.6. The predicted octanol–water partition coefficient (Wildman–Crippen LogP) is 1.53. The van der Waals surface area contributed by atoms with Crippen LogP contribution < -0.4 is 5.32 Å². The molecule has 2 saturated heterocycles. The first-order valence-corrected chi connectivity index (χ1v) is 6.88. The zero-order chi connectivity index (χ0) is 11.0. The van der Waals surface area contributed by atoms with Crippen molar-refractivity contribution < 1.29 is 4.79 Å². The van der Waals surface area contributed by atoms with Crippen LogP contribution in [0.4, 0.5) is 0 Å². The zero-order valence-corrected chi connectivity index (χ0v) is 9.95. The minimum atomic E-state index is 0.448. The second kappa shape index (κ2) is 4.36. The highest BCUT2D eigenvalue weighted by molar-refractivity contribution is 5.79. The Labute approximate surface area is 97.6 Å². The standard InChI is InChI=1S/C13H22N2O/c16-13-9-10-3-1-2-4-12(10)15(13)11-5-7-14-8-6-11/h10-12,14H,1-9H2/t10-,12+/m1/s1. The second-order valence-electron chi connectivity index (χ2n) is 5.60. The van der Waals surface area contributed by atoms with E-state index >= 15 is 0 Å². The molecule has 0 spiro atoms. The highest BCUT2D eigenvalue weighted by Gasteiger charge is 2.43. The Kier molecular flexibility index (Phi) is 2.88. The molecule has 0 aromatic rings. The number of piperidine rings is 1. The second-order valence-corrected chi connectivity index (χ2v) is 5.60. The van der Waals surface area contributed by atoms with Gasteiger partial charge in [0.25, 0.3) is 0 Å². The minimum absolute atomic E-state index is 0.448. The van der Waals surface area contributed by atoms with Crippen molar-refractivity contribution in [2.75, 3.05) is 13.1 Å². The van der Waals surface area contributed by atoms with Crippen LogP contribution in [-0.2, 0) is 4.79 Å². The van der Waals surface area contributed by atoms with E-state index in [2.05, 4.69) is 10.2 Å². The topological polar surface area (TPSA) is 32.3 Å². The summed E-state index contributed by atoms with van der Waals surface area (Å²) in [7, 11) is 0. The maximum Gasteiger partial charge on any atom is 0.223 e. The summed E-state index contributed by atoms with van der Waals surface area (Å²) in [6, 6.07) is 1.14. The van der Waals surface area contributed by atoms with E-state index in [9.17, 15) is 4.79 Å². The number of nitrogens with zero attached hydrogens (tertiary/aromatic N) is 1. The first-order valence-electron chi connectivity index (χ1n) is 6.88. The van der Waals surface area contributed by atoms with Gasteiger partial charge in [-0.1, -0.05) is 12.8 Å². The van der Waals surface area contributed by atoms with Crippen molar-refractivity contribution in [3.05, 3.63) is 0 Å². The third-order valence-corrected chi connectivity index (χ3v) is 4.65. The van der Waals surface area contributed by atoms with Crippen LogP contribution in [0.1, 0.15) is 44.9 Å². The van der Waals surface area contributed by atoms with Crippen LogP contribution in [0.5, 0.6) is 0 Å². The summed E-state index contributed by atoms with van der Waals surface area (Å²) in [6.07, 6.45) is 8.39. The summed E-state index contributed by atoms with van der Waals surface area (Å²) in [4.78, 5) is 14.4. The lowest BCUT2D eigenvalue weighted by atomic mass is 9.84. The van der Waals surface area contributed by atoms with E-state index in [4.69, 9.17) is 0 Å². The van der Waals surface area contributed by atoms with Crippen LogP contribution in [-0.4, -0.2) is 36.0 Å². The van der Waals surface area contributed by atoms with Gasteiger partial charge >= 0.3 is 0 Å². The normalized spacial score (nSPS) is 36.5. The largest absolute Gasteiger partial charge is 0.336 e. The van der Waals surface area contributed by atoms with Gasteiger partial charge in [-0.15, -0.1) is 0 Å². The molecule has 3 rings (SSSR count). The Morgan fingerprint density at radius 2 is 1.81 bits per heavy atom. The van der Waals surface area contributed by atoms with Gasteiger partial charge in [-0.25, -0.2) is 0 Å². The van der Waals surface area contributed by atoms with Crippen molar-refractivity contribution in [3.63, 3.8) is 0 Å². The molecule has 3 heteroatoms. The van der Waals surface area contributed by atoms with Gasteiger partial charge in [0.1, 0.15) is 0 Å². The monoisotopic (exact) mass is 222 g/mol. The van der Waals surface area contributed by atoms with Crippen molar-refractivity contribution in [1.82, 2.24) is 10.2 Å².